The van der Waals surface area contributed by atoms with E-state index >= 15 is 0 Å². The standard InChI is InChI=1S/C14H13F3N2O2/c15-14(16,17)21-13-4-3-11(20-8-9-1-2-9)5-12(13)10-6-18-19-7-10/h3-7,9H,1-2,8H2,(H,18,19). The van der Waals surface area contributed by atoms with E-state index in [1.165, 1.54) is 30.6 Å². The Balaban J connectivity index is 1.87. The van der Waals surface area contributed by atoms with Crippen molar-refractivity contribution in [3.05, 3.63) is 30.6 Å². The molecule has 112 valence electrons. The van der Waals surface area contributed by atoms with Gasteiger partial charge in [-0.05, 0) is 37.0 Å². The van der Waals surface area contributed by atoms with Gasteiger partial charge in [0.25, 0.3) is 0 Å². The van der Waals surface area contributed by atoms with Gasteiger partial charge in [0.2, 0.25) is 0 Å². The van der Waals surface area contributed by atoms with Crippen LogP contribution < -0.4 is 9.47 Å². The molecule has 1 aliphatic rings. The first kappa shape index (κ1) is 13.8. The Bertz CT molecular complexity index is 607. The topological polar surface area (TPSA) is 47.1 Å². The predicted octanol–water partition coefficient (Wildman–Crippen LogP) is 3.76. The van der Waals surface area contributed by atoms with Crippen molar-refractivity contribution < 1.29 is 22.6 Å². The van der Waals surface area contributed by atoms with Crippen LogP contribution in [0.2, 0.25) is 0 Å². The fraction of sp³-hybridized carbons (Fsp3) is 0.357. The average Bonchev–Trinajstić information content (AvgIpc) is 3.08. The van der Waals surface area contributed by atoms with Gasteiger partial charge in [0.05, 0.1) is 12.8 Å². The van der Waals surface area contributed by atoms with Crippen LogP contribution in [0.3, 0.4) is 0 Å². The highest BCUT2D eigenvalue weighted by Gasteiger charge is 2.32. The molecular weight excluding hydrogens is 285 g/mol. The molecule has 1 aliphatic carbocycles. The first-order chi connectivity index (χ1) is 10.0. The number of H-pyrrole nitrogens is 1. The van der Waals surface area contributed by atoms with Crippen molar-refractivity contribution in [3.63, 3.8) is 0 Å². The molecule has 0 atom stereocenters. The van der Waals surface area contributed by atoms with E-state index in [1.807, 2.05) is 0 Å². The van der Waals surface area contributed by atoms with Crippen LogP contribution in [0.4, 0.5) is 13.2 Å². The lowest BCUT2D eigenvalue weighted by Crippen LogP contribution is -2.17. The summed E-state index contributed by atoms with van der Waals surface area (Å²) in [5.41, 5.74) is 0.792. The molecule has 7 heteroatoms. The molecule has 0 amide bonds. The summed E-state index contributed by atoms with van der Waals surface area (Å²) in [6.45, 7) is 0.588. The number of nitrogens with one attached hydrogen (secondary N) is 1. The molecule has 4 nitrogen and oxygen atoms in total. The van der Waals surface area contributed by atoms with Crippen molar-refractivity contribution in [2.75, 3.05) is 6.61 Å². The van der Waals surface area contributed by atoms with Gasteiger partial charge in [-0.25, -0.2) is 0 Å². The van der Waals surface area contributed by atoms with Crippen molar-refractivity contribution in [3.8, 4) is 22.6 Å². The Morgan fingerprint density at radius 1 is 1.29 bits per heavy atom. The van der Waals surface area contributed by atoms with E-state index in [0.717, 1.165) is 12.8 Å². The number of hydrogen-bond donors (Lipinski definition) is 1. The maximum atomic E-state index is 12.4. The van der Waals surface area contributed by atoms with Crippen molar-refractivity contribution >= 4 is 0 Å². The molecule has 3 rings (SSSR count). The zero-order chi connectivity index (χ0) is 14.9. The van der Waals surface area contributed by atoms with Gasteiger partial charge in [-0.15, -0.1) is 13.2 Å². The molecule has 21 heavy (non-hydrogen) atoms. The molecule has 1 aromatic carbocycles. The smallest absolute Gasteiger partial charge is 0.493 e. The van der Waals surface area contributed by atoms with Gasteiger partial charge in [-0.1, -0.05) is 0 Å². The molecular formula is C14H13F3N2O2. The summed E-state index contributed by atoms with van der Waals surface area (Å²) in [6.07, 6.45) is 0.481. The average molecular weight is 298 g/mol. The van der Waals surface area contributed by atoms with Gasteiger partial charge in [0, 0.05) is 17.3 Å². The molecule has 0 spiro atoms. The maximum absolute atomic E-state index is 12.4. The number of nitrogens with zero attached hydrogens (tertiary/aromatic N) is 1. The second kappa shape index (κ2) is 5.31. The first-order valence-electron chi connectivity index (χ1n) is 6.53. The van der Waals surface area contributed by atoms with Crippen molar-refractivity contribution in [1.29, 1.82) is 0 Å². The molecule has 1 aromatic heterocycles. The number of rotatable bonds is 5. The van der Waals surface area contributed by atoms with E-state index in [2.05, 4.69) is 14.9 Å². The van der Waals surface area contributed by atoms with Crippen molar-refractivity contribution in [1.82, 2.24) is 10.2 Å². The number of aromatic nitrogens is 2. The highest BCUT2D eigenvalue weighted by molar-refractivity contribution is 5.71. The number of benzene rings is 1. The predicted molar refractivity (Wildman–Crippen MR) is 68.9 cm³/mol. The lowest BCUT2D eigenvalue weighted by molar-refractivity contribution is -0.274. The van der Waals surface area contributed by atoms with Crippen LogP contribution in [0.25, 0.3) is 11.1 Å². The summed E-state index contributed by atoms with van der Waals surface area (Å²) in [5.74, 6) is 0.809. The Kier molecular flexibility index (Phi) is 3.48. The molecule has 0 radical (unpaired) electrons. The summed E-state index contributed by atoms with van der Waals surface area (Å²) < 4.78 is 47.0. The van der Waals surface area contributed by atoms with Crippen molar-refractivity contribution in [2.24, 2.45) is 5.92 Å². The second-order valence-corrected chi connectivity index (χ2v) is 4.95. The SMILES string of the molecule is FC(F)(F)Oc1ccc(OCC2CC2)cc1-c1cn[nH]c1. The second-order valence-electron chi connectivity index (χ2n) is 4.95. The maximum Gasteiger partial charge on any atom is 0.573 e. The van der Waals surface area contributed by atoms with E-state index in [4.69, 9.17) is 4.74 Å². The minimum absolute atomic E-state index is 0.275. The van der Waals surface area contributed by atoms with Crippen LogP contribution in [-0.2, 0) is 0 Å². The summed E-state index contributed by atoms with van der Waals surface area (Å²) in [5, 5.41) is 6.32. The van der Waals surface area contributed by atoms with E-state index in [0.29, 0.717) is 23.8 Å². The van der Waals surface area contributed by atoms with Gasteiger partial charge in [0.1, 0.15) is 11.5 Å². The van der Waals surface area contributed by atoms with Gasteiger partial charge in [-0.2, -0.15) is 5.10 Å². The molecule has 1 fully saturated rings. The monoisotopic (exact) mass is 298 g/mol. The summed E-state index contributed by atoms with van der Waals surface area (Å²) >= 11 is 0. The highest BCUT2D eigenvalue weighted by atomic mass is 19.4. The van der Waals surface area contributed by atoms with Crippen LogP contribution in [-0.4, -0.2) is 23.2 Å². The normalized spacial score (nSPS) is 15.0. The molecule has 2 aromatic rings. The number of alkyl halides is 3. The molecule has 1 saturated carbocycles. The number of hydrogen-bond acceptors (Lipinski definition) is 3. The molecule has 1 heterocycles. The van der Waals surface area contributed by atoms with E-state index in [1.54, 1.807) is 0 Å². The zero-order valence-corrected chi connectivity index (χ0v) is 11.0. The highest BCUT2D eigenvalue weighted by Crippen LogP contribution is 2.37. The van der Waals surface area contributed by atoms with Crippen molar-refractivity contribution in [2.45, 2.75) is 19.2 Å². The Hall–Kier alpha value is -2.18. The minimum Gasteiger partial charge on any atom is -0.493 e. The van der Waals surface area contributed by atoms with Crippen LogP contribution >= 0.6 is 0 Å². The largest absolute Gasteiger partial charge is 0.573 e. The molecule has 0 aliphatic heterocycles. The van der Waals surface area contributed by atoms with Gasteiger partial charge in [0.15, 0.2) is 0 Å². The van der Waals surface area contributed by atoms with E-state index in [-0.39, 0.29) is 11.3 Å². The molecule has 0 saturated heterocycles. The number of halogens is 3. The molecule has 0 unspecified atom stereocenters. The quantitative estimate of drug-likeness (QED) is 0.914. The lowest BCUT2D eigenvalue weighted by Gasteiger charge is -2.14. The van der Waals surface area contributed by atoms with E-state index in [9.17, 15) is 13.2 Å². The van der Waals surface area contributed by atoms with Crippen LogP contribution in [0, 0.1) is 5.92 Å². The fourth-order valence-corrected chi connectivity index (χ4v) is 1.93. The summed E-state index contributed by atoms with van der Waals surface area (Å²) in [4.78, 5) is 0. The van der Waals surface area contributed by atoms with Crippen LogP contribution in [0.15, 0.2) is 30.6 Å². The van der Waals surface area contributed by atoms with Gasteiger partial charge >= 0.3 is 6.36 Å². The Morgan fingerprint density at radius 2 is 2.10 bits per heavy atom. The van der Waals surface area contributed by atoms with Gasteiger partial charge < -0.3 is 9.47 Å². The van der Waals surface area contributed by atoms with Crippen LogP contribution in [0.1, 0.15) is 12.8 Å². The molecule has 1 N–H and O–H groups in total. The van der Waals surface area contributed by atoms with E-state index < -0.39 is 6.36 Å². The molecule has 0 bridgehead atoms. The minimum atomic E-state index is -4.74. The third-order valence-corrected chi connectivity index (χ3v) is 3.17. The Morgan fingerprint density at radius 3 is 2.71 bits per heavy atom. The lowest BCUT2D eigenvalue weighted by atomic mass is 10.1. The van der Waals surface area contributed by atoms with Crippen LogP contribution in [0.5, 0.6) is 11.5 Å². The zero-order valence-electron chi connectivity index (χ0n) is 11.0. The van der Waals surface area contributed by atoms with Gasteiger partial charge in [-0.3, -0.25) is 5.10 Å². The Labute approximate surface area is 118 Å². The third-order valence-electron chi connectivity index (χ3n) is 3.17. The summed E-state index contributed by atoms with van der Waals surface area (Å²) in [6, 6.07) is 4.28. The number of aromatic amines is 1. The summed E-state index contributed by atoms with van der Waals surface area (Å²) in [7, 11) is 0. The fourth-order valence-electron chi connectivity index (χ4n) is 1.93. The first-order valence-corrected chi connectivity index (χ1v) is 6.53. The third kappa shape index (κ3) is 3.68. The number of ether oxygens (including phenoxy) is 2.